The van der Waals surface area contributed by atoms with Crippen LogP contribution >= 0.6 is 0 Å². The smallest absolute Gasteiger partial charge is 0.254 e. The van der Waals surface area contributed by atoms with Crippen molar-refractivity contribution in [2.24, 2.45) is 7.05 Å². The van der Waals surface area contributed by atoms with Gasteiger partial charge in [-0.25, -0.2) is 8.42 Å². The Kier molecular flexibility index (Phi) is 5.90. The van der Waals surface area contributed by atoms with Gasteiger partial charge in [0.25, 0.3) is 5.91 Å². The molecule has 3 rings (SSSR count). The van der Waals surface area contributed by atoms with Gasteiger partial charge in [0.1, 0.15) is 16.4 Å². The molecule has 1 aliphatic rings. The topological polar surface area (TPSA) is 94.0 Å². The number of rotatable bonds is 5. The first-order valence-electron chi connectivity index (χ1n) is 8.86. The highest BCUT2D eigenvalue weighted by molar-refractivity contribution is 7.89. The minimum atomic E-state index is -3.63. The van der Waals surface area contributed by atoms with E-state index < -0.39 is 10.0 Å². The maximum Gasteiger partial charge on any atom is 0.254 e. The maximum absolute atomic E-state index is 13.0. The van der Waals surface area contributed by atoms with Crippen molar-refractivity contribution in [3.05, 3.63) is 36.2 Å². The fourth-order valence-electron chi connectivity index (χ4n) is 3.13. The molecule has 0 N–H and O–H groups in total. The molecule has 2 aromatic rings. The van der Waals surface area contributed by atoms with Crippen molar-refractivity contribution in [2.75, 3.05) is 40.4 Å². The lowest BCUT2D eigenvalue weighted by atomic mass is 10.1. The first-order chi connectivity index (χ1) is 13.3. The van der Waals surface area contributed by atoms with E-state index in [1.165, 1.54) is 35.6 Å². The van der Waals surface area contributed by atoms with Gasteiger partial charge in [-0.15, -0.1) is 0 Å². The van der Waals surface area contributed by atoms with Crippen LogP contribution in [0.4, 0.5) is 0 Å². The van der Waals surface area contributed by atoms with E-state index in [0.29, 0.717) is 43.1 Å². The van der Waals surface area contributed by atoms with Crippen LogP contribution in [0.25, 0.3) is 0 Å². The summed E-state index contributed by atoms with van der Waals surface area (Å²) in [5.74, 6) is 0.870. The second-order valence-corrected chi connectivity index (χ2v) is 8.44. The molecule has 1 amide bonds. The zero-order chi connectivity index (χ0) is 20.3. The molecule has 0 spiro atoms. The Morgan fingerprint density at radius 3 is 2.29 bits per heavy atom. The summed E-state index contributed by atoms with van der Waals surface area (Å²) in [6.45, 7) is 1.35. The Bertz CT molecular complexity index is 934. The molecule has 9 nitrogen and oxygen atoms in total. The number of carbonyl (C=O) groups is 1. The van der Waals surface area contributed by atoms with E-state index in [-0.39, 0.29) is 17.3 Å². The average Bonchev–Trinajstić information content (AvgIpc) is 2.99. The third kappa shape index (κ3) is 4.12. The molecule has 2 heterocycles. The second-order valence-electron chi connectivity index (χ2n) is 6.50. The Hall–Kier alpha value is -2.59. The van der Waals surface area contributed by atoms with Gasteiger partial charge in [0.05, 0.1) is 20.4 Å². The van der Waals surface area contributed by atoms with Crippen LogP contribution in [-0.4, -0.2) is 73.7 Å². The molecule has 1 fully saturated rings. The van der Waals surface area contributed by atoms with E-state index >= 15 is 0 Å². The lowest BCUT2D eigenvalue weighted by molar-refractivity contribution is 0.0763. The van der Waals surface area contributed by atoms with E-state index in [4.69, 9.17) is 9.47 Å². The van der Waals surface area contributed by atoms with Crippen molar-refractivity contribution in [1.82, 2.24) is 19.0 Å². The number of methoxy groups -OCH3 is 2. The van der Waals surface area contributed by atoms with Crippen LogP contribution in [0.1, 0.15) is 16.8 Å². The van der Waals surface area contributed by atoms with E-state index in [2.05, 4.69) is 5.10 Å². The molecule has 0 unspecified atom stereocenters. The number of sulfonamides is 1. The number of carbonyl (C=O) groups excluding carboxylic acids is 1. The summed E-state index contributed by atoms with van der Waals surface area (Å²) in [5.41, 5.74) is 0.444. The molecule has 0 radical (unpaired) electrons. The SMILES string of the molecule is COc1cc(OC)cc(C(=O)N2CCCN(S(=O)(=O)c3cnn(C)c3)CC2)c1. The van der Waals surface area contributed by atoms with E-state index in [1.54, 1.807) is 30.1 Å². The lowest BCUT2D eigenvalue weighted by Crippen LogP contribution is -2.37. The van der Waals surface area contributed by atoms with Gasteiger partial charge in [0.2, 0.25) is 10.0 Å². The van der Waals surface area contributed by atoms with Crippen LogP contribution in [0, 0.1) is 0 Å². The van der Waals surface area contributed by atoms with Gasteiger partial charge in [-0.3, -0.25) is 9.48 Å². The third-order valence-corrected chi connectivity index (χ3v) is 6.51. The molecule has 1 aromatic heterocycles. The summed E-state index contributed by atoms with van der Waals surface area (Å²) in [4.78, 5) is 14.8. The molecule has 0 bridgehead atoms. The van der Waals surface area contributed by atoms with Crippen molar-refractivity contribution in [1.29, 1.82) is 0 Å². The van der Waals surface area contributed by atoms with Gasteiger partial charge in [-0.2, -0.15) is 9.40 Å². The van der Waals surface area contributed by atoms with Crippen LogP contribution in [0.2, 0.25) is 0 Å². The number of nitrogens with zero attached hydrogens (tertiary/aromatic N) is 4. The van der Waals surface area contributed by atoms with Crippen LogP contribution in [0.15, 0.2) is 35.5 Å². The summed E-state index contributed by atoms with van der Waals surface area (Å²) < 4.78 is 38.9. The highest BCUT2D eigenvalue weighted by Crippen LogP contribution is 2.24. The fraction of sp³-hybridized carbons (Fsp3) is 0.444. The zero-order valence-electron chi connectivity index (χ0n) is 16.2. The second kappa shape index (κ2) is 8.19. The fourth-order valence-corrected chi connectivity index (χ4v) is 4.59. The van der Waals surface area contributed by atoms with Crippen LogP contribution < -0.4 is 9.47 Å². The van der Waals surface area contributed by atoms with E-state index in [1.807, 2.05) is 0 Å². The number of hydrogen-bond donors (Lipinski definition) is 0. The Morgan fingerprint density at radius 1 is 1.04 bits per heavy atom. The van der Waals surface area contributed by atoms with Crippen LogP contribution in [0.5, 0.6) is 11.5 Å². The van der Waals surface area contributed by atoms with Crippen molar-refractivity contribution < 1.29 is 22.7 Å². The van der Waals surface area contributed by atoms with Crippen molar-refractivity contribution >= 4 is 15.9 Å². The van der Waals surface area contributed by atoms with Gasteiger partial charge < -0.3 is 14.4 Å². The monoisotopic (exact) mass is 408 g/mol. The van der Waals surface area contributed by atoms with Gasteiger partial charge in [-0.1, -0.05) is 0 Å². The van der Waals surface area contributed by atoms with Crippen molar-refractivity contribution in [3.8, 4) is 11.5 Å². The molecule has 1 aromatic carbocycles. The Morgan fingerprint density at radius 2 is 1.71 bits per heavy atom. The Labute approximate surface area is 164 Å². The minimum absolute atomic E-state index is 0.160. The summed E-state index contributed by atoms with van der Waals surface area (Å²) in [5, 5.41) is 3.94. The highest BCUT2D eigenvalue weighted by atomic mass is 32.2. The largest absolute Gasteiger partial charge is 0.497 e. The molecule has 0 atom stereocenters. The maximum atomic E-state index is 13.0. The number of aromatic nitrogens is 2. The summed E-state index contributed by atoms with van der Waals surface area (Å²) in [6, 6.07) is 5.00. The zero-order valence-corrected chi connectivity index (χ0v) is 17.0. The summed E-state index contributed by atoms with van der Waals surface area (Å²) in [7, 11) is 1.09. The molecule has 1 saturated heterocycles. The van der Waals surface area contributed by atoms with E-state index in [9.17, 15) is 13.2 Å². The predicted molar refractivity (Wildman–Crippen MR) is 102 cm³/mol. The first-order valence-corrected chi connectivity index (χ1v) is 10.3. The highest BCUT2D eigenvalue weighted by Gasteiger charge is 2.29. The van der Waals surface area contributed by atoms with Crippen LogP contribution in [-0.2, 0) is 17.1 Å². The summed E-state index contributed by atoms with van der Waals surface area (Å²) >= 11 is 0. The standard InChI is InChI=1S/C18H24N4O5S/c1-20-13-17(12-19-20)28(24,25)22-6-4-5-21(7-8-22)18(23)14-9-15(26-2)11-16(10-14)27-3/h9-13H,4-8H2,1-3H3. The van der Waals surface area contributed by atoms with Gasteiger partial charge in [-0.05, 0) is 18.6 Å². The molecule has 28 heavy (non-hydrogen) atoms. The number of amides is 1. The number of benzene rings is 1. The minimum Gasteiger partial charge on any atom is -0.497 e. The number of ether oxygens (including phenoxy) is 2. The summed E-state index contributed by atoms with van der Waals surface area (Å²) in [6.07, 6.45) is 3.36. The van der Waals surface area contributed by atoms with Crippen molar-refractivity contribution in [3.63, 3.8) is 0 Å². The molecule has 10 heteroatoms. The van der Waals surface area contributed by atoms with Gasteiger partial charge in [0, 0.05) is 51.1 Å². The lowest BCUT2D eigenvalue weighted by Gasteiger charge is -2.22. The quantitative estimate of drug-likeness (QED) is 0.732. The van der Waals surface area contributed by atoms with E-state index in [0.717, 1.165) is 0 Å². The molecular weight excluding hydrogens is 384 g/mol. The predicted octanol–water partition coefficient (Wildman–Crippen LogP) is 0.974. The molecule has 152 valence electrons. The molecule has 1 aliphatic heterocycles. The number of aryl methyl sites for hydroxylation is 1. The first kappa shape index (κ1) is 20.2. The normalized spacial score (nSPS) is 15.9. The average molecular weight is 408 g/mol. The Balaban J connectivity index is 1.76. The molecular formula is C18H24N4O5S. The molecule has 0 saturated carbocycles. The number of hydrogen-bond acceptors (Lipinski definition) is 6. The van der Waals surface area contributed by atoms with Crippen LogP contribution in [0.3, 0.4) is 0 Å². The van der Waals surface area contributed by atoms with Gasteiger partial charge >= 0.3 is 0 Å². The van der Waals surface area contributed by atoms with Gasteiger partial charge in [0.15, 0.2) is 0 Å². The molecule has 0 aliphatic carbocycles. The third-order valence-electron chi connectivity index (χ3n) is 4.66. The van der Waals surface area contributed by atoms with Crippen molar-refractivity contribution in [2.45, 2.75) is 11.3 Å².